The number of carbonyl (C=O) groups excluding carboxylic acids is 7. The molecule has 5 amide bonds. The van der Waals surface area contributed by atoms with Gasteiger partial charge in [0, 0.05) is 59.8 Å². The Bertz CT molecular complexity index is 4680. The van der Waals surface area contributed by atoms with E-state index in [1.165, 1.54) is 9.80 Å². The Hall–Kier alpha value is -8.58. The zero-order chi connectivity index (χ0) is 80.4. The van der Waals surface area contributed by atoms with Crippen LogP contribution in [-0.4, -0.2) is 181 Å². The van der Waals surface area contributed by atoms with Crippen LogP contribution in [0.3, 0.4) is 0 Å². The van der Waals surface area contributed by atoms with Crippen LogP contribution in [0.15, 0.2) is 48.6 Å². The van der Waals surface area contributed by atoms with Crippen LogP contribution in [0.5, 0.6) is 23.3 Å². The summed E-state index contributed by atoms with van der Waals surface area (Å²) < 4.78 is 83.8. The molecule has 1 unspecified atom stereocenters. The SMILES string of the molecule is CC1(S(N)(=O)=O)CC1.COc1ccc2nc(C)c3c(c2n1)CC[C@]1(CC2C(=O)N[C@]4(C(=O)NS(=O)(=O)C5(C)CC5)C[C@H]4/C=C\CCCCC[C@H](CC(=O)OC(C)(C)C)C(=O)N2C1)O3.COc1ccc2nc(C)c3c(c2n1)CC[C@]1(C[C@H]2C(=O)N[C@]4(C(=O)O)C[C@H]4/C=C\CCCCC[C@H](CC(=O)OC(C)(C)C)C(=O)N2C1)O3. The summed E-state index contributed by atoms with van der Waals surface area (Å²) in [7, 11) is -4.11. The number of nitrogens with one attached hydrogen (secondary N) is 3. The largest absolute Gasteiger partial charge is 0.483 e. The average molecular weight is 1580 g/mol. The maximum Gasteiger partial charge on any atom is 0.330 e. The first-order chi connectivity index (χ1) is 52.1. The maximum atomic E-state index is 14.8. The van der Waals surface area contributed by atoms with E-state index in [-0.39, 0.29) is 69.3 Å². The van der Waals surface area contributed by atoms with Gasteiger partial charge in [0.2, 0.25) is 55.4 Å². The van der Waals surface area contributed by atoms with Gasteiger partial charge < -0.3 is 54.0 Å². The minimum atomic E-state index is -3.99. The highest BCUT2D eigenvalue weighted by Gasteiger charge is 2.65. The molecule has 4 aliphatic carbocycles. The molecule has 4 aromatic heterocycles. The number of aryl methyl sites for hydroxylation is 4. The highest BCUT2D eigenvalue weighted by Crippen LogP contribution is 2.52. The zero-order valence-electron chi connectivity index (χ0n) is 65.8. The van der Waals surface area contributed by atoms with Crippen molar-refractivity contribution in [2.45, 2.75) is 278 Å². The summed E-state index contributed by atoms with van der Waals surface area (Å²) in [4.78, 5) is 133. The van der Waals surface area contributed by atoms with Crippen molar-refractivity contribution in [3.8, 4) is 23.3 Å². The minimum absolute atomic E-state index is 0.0620. The van der Waals surface area contributed by atoms with Crippen molar-refractivity contribution < 1.29 is 88.7 Å². The van der Waals surface area contributed by atoms with Crippen molar-refractivity contribution in [2.24, 2.45) is 28.8 Å². The van der Waals surface area contributed by atoms with Gasteiger partial charge in [0.05, 0.1) is 83.1 Å². The van der Waals surface area contributed by atoms with Crippen LogP contribution in [0, 0.1) is 37.5 Å². The highest BCUT2D eigenvalue weighted by molar-refractivity contribution is 7.91. The summed E-state index contributed by atoms with van der Waals surface area (Å²) in [5.74, 6) is -4.82. The van der Waals surface area contributed by atoms with Gasteiger partial charge in [0.25, 0.3) is 5.91 Å². The Morgan fingerprint density at radius 1 is 0.595 bits per heavy atom. The topological polar surface area (TPSA) is 401 Å². The number of sulfonamides is 2. The number of carboxylic acids is 1. The molecule has 10 atom stereocenters. The van der Waals surface area contributed by atoms with E-state index in [1.54, 1.807) is 81.7 Å². The van der Waals surface area contributed by atoms with Crippen LogP contribution in [0.1, 0.15) is 219 Å². The van der Waals surface area contributed by atoms with Gasteiger partial charge in [0.1, 0.15) is 57.1 Å². The second-order valence-corrected chi connectivity index (χ2v) is 39.0. The fourth-order valence-corrected chi connectivity index (χ4v) is 18.4. The molecule has 0 aromatic carbocycles. The number of primary sulfonamides is 1. The highest BCUT2D eigenvalue weighted by atomic mass is 32.2. The first-order valence-corrected chi connectivity index (χ1v) is 42.0. The number of carboxylic acid groups (broad SMARTS) is 1. The van der Waals surface area contributed by atoms with Gasteiger partial charge in [-0.15, -0.1) is 0 Å². The molecule has 4 aromatic rings. The van der Waals surface area contributed by atoms with Crippen molar-refractivity contribution in [3.05, 3.63) is 71.1 Å². The molecule has 6 fully saturated rings. The standard InChI is InChI=1S/C40H53N5O9S.C36H46N4O8.C4H9NO2S/c1-24-33-27(32-28(41-24)14-15-30(42-32)52-6)16-17-39(54-33)22-29-34(47)43-40(36(49)44-55(50,51)38(5)18-19-38)21-26(40)13-11-9-7-8-10-12-25(35(48)45(29)23-39)20-31(46)53-37(2,3)4;1-21-30-24(29-25(37-21)13-14-27(38-29)46-5)15-16-35(48-30)19-26-31(42)39-36(33(44)45)18-23(36)12-10-8-6-7-9-11-22(32(43)40(26)20-35)17-28(41)47-34(2,3)4;1-4(2-3-4)8(5,6)7/h11,13-15,25-26,29H,7-10,12,16-23H2,1-6H3,(H,43,47)(H,44,49);10,12-14,22-23,26H,6-9,11,15-20H2,1-5H3,(H,39,42)(H,44,45);2-3H2,1H3,(H2,5,6,7)/b13-11-;12-10-;/t25-,26-,29?,39-,40-;22-,23-,26+,35-,36-;/m11./s1. The van der Waals surface area contributed by atoms with Gasteiger partial charge >= 0.3 is 17.9 Å². The second kappa shape index (κ2) is 30.7. The summed E-state index contributed by atoms with van der Waals surface area (Å²) in [5.41, 5.74) is -0.471. The summed E-state index contributed by atoms with van der Waals surface area (Å²) in [5, 5.41) is 20.9. The van der Waals surface area contributed by atoms with Crippen molar-refractivity contribution >= 4 is 89.6 Å². The quantitative estimate of drug-likeness (QED) is 0.0692. The third-order valence-corrected chi connectivity index (χ3v) is 27.6. The van der Waals surface area contributed by atoms with E-state index in [0.717, 1.165) is 68.0 Å². The summed E-state index contributed by atoms with van der Waals surface area (Å²) >= 11 is 0. The van der Waals surface area contributed by atoms with Gasteiger partial charge in [-0.25, -0.2) is 46.7 Å². The molecule has 29 nitrogen and oxygen atoms in total. The molecule has 604 valence electrons. The fourth-order valence-electron chi connectivity index (χ4n) is 16.4. The first-order valence-electron chi connectivity index (χ1n) is 39.0. The van der Waals surface area contributed by atoms with Crippen molar-refractivity contribution in [2.75, 3.05) is 27.3 Å². The van der Waals surface area contributed by atoms with E-state index < -0.39 is 128 Å². The Morgan fingerprint density at radius 3 is 1.40 bits per heavy atom. The number of hydrogen-bond donors (Lipinski definition) is 5. The molecule has 6 aliphatic heterocycles. The Kier molecular flexibility index (Phi) is 22.7. The number of amides is 5. The molecule has 10 aliphatic rings. The smallest absolute Gasteiger partial charge is 0.330 e. The van der Waals surface area contributed by atoms with Crippen LogP contribution in [0.25, 0.3) is 22.1 Å². The number of methoxy groups -OCH3 is 2. The molecule has 0 bridgehead atoms. The lowest BCUT2D eigenvalue weighted by Gasteiger charge is -2.36. The number of aromatic nitrogens is 4. The molecule has 31 heteroatoms. The number of hydrogen-bond acceptors (Lipinski definition) is 22. The lowest BCUT2D eigenvalue weighted by Crippen LogP contribution is -2.57. The van der Waals surface area contributed by atoms with E-state index in [1.807, 2.05) is 50.3 Å². The van der Waals surface area contributed by atoms with Crippen LogP contribution < -0.4 is 39.4 Å². The summed E-state index contributed by atoms with van der Waals surface area (Å²) in [6.45, 7) is 17.8. The third kappa shape index (κ3) is 17.6. The van der Waals surface area contributed by atoms with Crippen molar-refractivity contribution in [3.63, 3.8) is 0 Å². The van der Waals surface area contributed by atoms with E-state index in [0.29, 0.717) is 115 Å². The number of rotatable bonds is 11. The maximum absolute atomic E-state index is 14.8. The van der Waals surface area contributed by atoms with Gasteiger partial charge in [-0.1, -0.05) is 50.0 Å². The number of carbonyl (C=O) groups is 8. The molecule has 6 N–H and O–H groups in total. The van der Waals surface area contributed by atoms with E-state index in [9.17, 15) is 60.3 Å². The summed E-state index contributed by atoms with van der Waals surface area (Å²) in [6, 6.07) is 5.16. The molecule has 2 saturated heterocycles. The van der Waals surface area contributed by atoms with E-state index in [4.69, 9.17) is 43.5 Å². The summed E-state index contributed by atoms with van der Waals surface area (Å²) in [6.07, 6.45) is 19.8. The number of nitrogens with two attached hydrogens (primary N) is 1. The lowest BCUT2D eigenvalue weighted by atomic mass is 9.88. The number of esters is 2. The van der Waals surface area contributed by atoms with Crippen LogP contribution >= 0.6 is 0 Å². The van der Waals surface area contributed by atoms with Gasteiger partial charge in [0.15, 0.2) is 0 Å². The molecule has 2 spiro atoms. The number of pyridine rings is 4. The van der Waals surface area contributed by atoms with Crippen LogP contribution in [0.4, 0.5) is 0 Å². The normalized spacial score (nSPS) is 29.4. The Balaban J connectivity index is 0.000000188. The predicted octanol–water partition coefficient (Wildman–Crippen LogP) is 8.62. The number of aliphatic carboxylic acids is 1. The molecule has 10 heterocycles. The zero-order valence-corrected chi connectivity index (χ0v) is 67.5. The molecule has 4 saturated carbocycles. The monoisotopic (exact) mass is 1580 g/mol. The lowest BCUT2D eigenvalue weighted by molar-refractivity contribution is -0.159. The fraction of sp³-hybridized carbons (Fsp3) is 0.650. The van der Waals surface area contributed by atoms with E-state index >= 15 is 0 Å². The molecular weight excluding hydrogens is 1470 g/mol. The minimum Gasteiger partial charge on any atom is -0.483 e. The number of ether oxygens (including phenoxy) is 6. The van der Waals surface area contributed by atoms with Gasteiger partial charge in [-0.05, 0) is 184 Å². The van der Waals surface area contributed by atoms with Crippen LogP contribution in [0.2, 0.25) is 0 Å². The second-order valence-electron chi connectivity index (χ2n) is 34.7. The Morgan fingerprint density at radius 2 is 1.01 bits per heavy atom. The first kappa shape index (κ1) is 81.9. The van der Waals surface area contributed by atoms with Gasteiger partial charge in [-0.3, -0.25) is 38.3 Å². The van der Waals surface area contributed by atoms with Crippen molar-refractivity contribution in [1.29, 1.82) is 0 Å². The molecular formula is C80H108N10O19S2. The molecule has 0 radical (unpaired) electrons. The van der Waals surface area contributed by atoms with Crippen LogP contribution in [-0.2, 0) is 80.7 Å². The number of allylic oxidation sites excluding steroid dienone is 2. The number of nitrogens with zero attached hydrogens (tertiary/aromatic N) is 6. The van der Waals surface area contributed by atoms with E-state index in [2.05, 4.69) is 25.3 Å². The van der Waals surface area contributed by atoms with Crippen molar-refractivity contribution in [1.82, 2.24) is 45.1 Å². The molecule has 14 rings (SSSR count). The number of fused-ring (bicyclic) bond motifs is 10. The van der Waals surface area contributed by atoms with Gasteiger partial charge in [-0.2, -0.15) is 0 Å². The average Bonchev–Trinajstić information content (AvgIpc) is 1.52. The molecule has 111 heavy (non-hydrogen) atoms. The predicted molar refractivity (Wildman–Crippen MR) is 409 cm³/mol. The Labute approximate surface area is 648 Å². The third-order valence-electron chi connectivity index (χ3n) is 23.7.